The Morgan fingerprint density at radius 2 is 1.00 bits per heavy atom. The molecule has 0 heterocycles. The number of nitrogens with zero attached hydrogens (tertiary/aromatic N) is 1. The topological polar surface area (TPSA) is 0 Å². The molecule has 2 rings (SSSR count). The third kappa shape index (κ3) is 14.5. The quantitative estimate of drug-likeness (QED) is 0.0895. The van der Waals surface area contributed by atoms with E-state index < -0.39 is 8.07 Å². The van der Waals surface area contributed by atoms with E-state index in [0.29, 0.717) is 0 Å². The molecule has 2 aromatic carbocycles. The molecule has 2 aromatic rings. The largest absolute Gasteiger partial charge is 0.341 e. The van der Waals surface area contributed by atoms with Gasteiger partial charge in [-0.05, 0) is 44.9 Å². The average molecular weight is 520 g/mol. The summed E-state index contributed by atoms with van der Waals surface area (Å²) in [6.07, 6.45) is 13.2. The maximum Gasteiger partial charge on any atom is 0.0786 e. The maximum absolute atomic E-state index is 3.48. The molecule has 0 amide bonds. The third-order valence-electron chi connectivity index (χ3n) is 6.88. The minimum Gasteiger partial charge on any atom is -0.341 e. The molecule has 0 aliphatic carbocycles. The molecule has 37 heavy (non-hydrogen) atoms. The summed E-state index contributed by atoms with van der Waals surface area (Å²) in [5, 5.41) is 0. The summed E-state index contributed by atoms with van der Waals surface area (Å²) < 4.78 is 1.42. The molecule has 0 radical (unpaired) electrons. The van der Waals surface area contributed by atoms with E-state index in [-0.39, 0.29) is 0 Å². The van der Waals surface area contributed by atoms with Crippen LogP contribution in [0.4, 0.5) is 0 Å². The Labute approximate surface area is 232 Å². The smallest absolute Gasteiger partial charge is 0.0786 e. The summed E-state index contributed by atoms with van der Waals surface area (Å²) >= 11 is 0. The Morgan fingerprint density at radius 3 is 1.30 bits per heavy atom. The Balaban J connectivity index is 0.000000377. The summed E-state index contributed by atoms with van der Waals surface area (Å²) in [4.78, 5) is 0. The zero-order valence-electron chi connectivity index (χ0n) is 25.4. The van der Waals surface area contributed by atoms with Crippen molar-refractivity contribution >= 4 is 13.6 Å². The van der Waals surface area contributed by atoms with Crippen molar-refractivity contribution in [2.45, 2.75) is 98.7 Å². The second-order valence-corrected chi connectivity index (χ2v) is 16.7. The molecule has 206 valence electrons. The number of quaternary nitrogens is 1. The van der Waals surface area contributed by atoms with E-state index >= 15 is 0 Å². The van der Waals surface area contributed by atoms with Crippen molar-refractivity contribution in [1.82, 2.24) is 0 Å². The van der Waals surface area contributed by atoms with Gasteiger partial charge in [-0.2, -0.15) is 0 Å². The van der Waals surface area contributed by atoms with Gasteiger partial charge in [0, 0.05) is 0 Å². The fourth-order valence-electron chi connectivity index (χ4n) is 4.56. The highest BCUT2D eigenvalue weighted by Gasteiger charge is 2.24. The third-order valence-corrected chi connectivity index (χ3v) is 8.05. The highest BCUT2D eigenvalue weighted by molar-refractivity contribution is 6.80. The number of benzene rings is 2. The Bertz CT molecular complexity index is 793. The lowest BCUT2D eigenvalue weighted by Gasteiger charge is -2.39. The van der Waals surface area contributed by atoms with Gasteiger partial charge >= 0.3 is 0 Å². The molecule has 0 bridgehead atoms. The summed E-state index contributed by atoms with van der Waals surface area (Å²) in [6, 6.07) is 23.2. The summed E-state index contributed by atoms with van der Waals surface area (Å²) in [5.41, 5.74) is 7.05. The second-order valence-electron chi connectivity index (χ2n) is 11.6. The average Bonchev–Trinajstić information content (AvgIpc) is 2.91. The van der Waals surface area contributed by atoms with Crippen LogP contribution in [-0.4, -0.2) is 38.7 Å². The van der Waals surface area contributed by atoms with Crippen LogP contribution in [0.2, 0.25) is 19.6 Å². The Morgan fingerprint density at radius 1 is 0.649 bits per heavy atom. The first kappa shape index (κ1) is 33.0. The minimum absolute atomic E-state index is 1.15. The van der Waals surface area contributed by atoms with Gasteiger partial charge in [0.2, 0.25) is 0 Å². The van der Waals surface area contributed by atoms with Crippen molar-refractivity contribution in [3.63, 3.8) is 0 Å². The standard InChI is InChI=1S/C19H21Si.C16H36N/c1-20(2,3)16-10-15-19(17-11-6-4-7-12-17)18-13-8-5-9-14-18;1-5-9-13-17(14-10-6-2,15-11-7-3)16-12-8-4/h4-14,16H,1-3H3;5-16H2,1-4H3/q-1;+1. The van der Waals surface area contributed by atoms with Crippen molar-refractivity contribution in [2.24, 2.45) is 0 Å². The van der Waals surface area contributed by atoms with Gasteiger partial charge in [0.15, 0.2) is 0 Å². The lowest BCUT2D eigenvalue weighted by atomic mass is 9.99. The van der Waals surface area contributed by atoms with Crippen LogP contribution in [0.25, 0.3) is 5.57 Å². The van der Waals surface area contributed by atoms with Crippen molar-refractivity contribution in [3.8, 4) is 0 Å². The van der Waals surface area contributed by atoms with E-state index in [1.54, 1.807) is 0 Å². The number of rotatable bonds is 16. The van der Waals surface area contributed by atoms with Crippen LogP contribution in [0.15, 0.2) is 72.5 Å². The SMILES string of the molecule is CCCC[N+](CCCC)(CCCC)CCCC.C[Si](C)(C)[CH-]C=C=C(c1ccccc1)c1ccccc1. The van der Waals surface area contributed by atoms with Gasteiger partial charge in [0.05, 0.1) is 26.2 Å². The first-order chi connectivity index (χ1) is 17.8. The molecule has 0 N–H and O–H groups in total. The molecule has 0 saturated carbocycles. The highest BCUT2D eigenvalue weighted by atomic mass is 28.3. The molecule has 2 heteroatoms. The molecule has 0 saturated heterocycles. The molecular formula is C35H57NSi. The summed E-state index contributed by atoms with van der Waals surface area (Å²) in [7, 11) is -1.18. The minimum atomic E-state index is -1.18. The molecular weight excluding hydrogens is 462 g/mol. The number of unbranched alkanes of at least 4 members (excludes halogenated alkanes) is 4. The molecule has 0 atom stereocenters. The van der Waals surface area contributed by atoms with Gasteiger partial charge in [0.25, 0.3) is 0 Å². The molecule has 0 aliphatic heterocycles. The van der Waals surface area contributed by atoms with Gasteiger partial charge < -0.3 is 10.2 Å². The van der Waals surface area contributed by atoms with E-state index in [1.165, 1.54) is 93.2 Å². The fourth-order valence-corrected chi connectivity index (χ4v) is 5.15. The van der Waals surface area contributed by atoms with Crippen molar-refractivity contribution in [3.05, 3.63) is 89.6 Å². The summed E-state index contributed by atoms with van der Waals surface area (Å²) in [5.74, 6) is 0. The van der Waals surface area contributed by atoms with Crippen LogP contribution >= 0.6 is 0 Å². The lowest BCUT2D eigenvalue weighted by molar-refractivity contribution is -0.929. The van der Waals surface area contributed by atoms with Crippen LogP contribution in [0, 0.1) is 6.04 Å². The predicted octanol–water partition coefficient (Wildman–Crippen LogP) is 10.4. The van der Waals surface area contributed by atoms with E-state index in [1.807, 2.05) is 12.1 Å². The van der Waals surface area contributed by atoms with Crippen LogP contribution in [0.3, 0.4) is 0 Å². The maximum atomic E-state index is 3.48. The van der Waals surface area contributed by atoms with E-state index in [0.717, 1.165) is 5.57 Å². The van der Waals surface area contributed by atoms with E-state index in [9.17, 15) is 0 Å². The van der Waals surface area contributed by atoms with E-state index in [2.05, 4.69) is 114 Å². The number of hydrogen-bond acceptors (Lipinski definition) is 0. The zero-order valence-corrected chi connectivity index (χ0v) is 26.4. The zero-order chi connectivity index (χ0) is 27.4. The van der Waals surface area contributed by atoms with Gasteiger partial charge in [-0.25, -0.2) is 12.1 Å². The molecule has 0 fully saturated rings. The van der Waals surface area contributed by atoms with Crippen LogP contribution in [0.1, 0.15) is 90.2 Å². The normalized spacial score (nSPS) is 11.2. The van der Waals surface area contributed by atoms with Gasteiger partial charge in [0.1, 0.15) is 0 Å². The number of allylic oxidation sites excluding steroid dienone is 1. The monoisotopic (exact) mass is 519 g/mol. The molecule has 0 unspecified atom stereocenters. The summed E-state index contributed by atoms with van der Waals surface area (Å²) in [6.45, 7) is 22.0. The highest BCUT2D eigenvalue weighted by Crippen LogP contribution is 2.22. The van der Waals surface area contributed by atoms with Crippen LogP contribution < -0.4 is 0 Å². The Hall–Kier alpha value is -1.99. The van der Waals surface area contributed by atoms with Crippen LogP contribution in [-0.2, 0) is 0 Å². The fraction of sp³-hybridized carbons (Fsp3) is 0.543. The number of hydrogen-bond donors (Lipinski definition) is 0. The molecule has 1 nitrogen and oxygen atoms in total. The van der Waals surface area contributed by atoms with Gasteiger partial charge in [-0.3, -0.25) is 0 Å². The van der Waals surface area contributed by atoms with Crippen molar-refractivity contribution < 1.29 is 4.48 Å². The van der Waals surface area contributed by atoms with Crippen molar-refractivity contribution in [1.29, 1.82) is 0 Å². The van der Waals surface area contributed by atoms with Crippen LogP contribution in [0.5, 0.6) is 0 Å². The van der Waals surface area contributed by atoms with Crippen molar-refractivity contribution in [2.75, 3.05) is 26.2 Å². The molecule has 0 spiro atoms. The van der Waals surface area contributed by atoms with Gasteiger partial charge in [-0.15, -0.1) is 0 Å². The molecule has 0 aliphatic rings. The first-order valence-electron chi connectivity index (χ1n) is 15.1. The second kappa shape index (κ2) is 19.1. The molecule has 0 aromatic heterocycles. The van der Waals surface area contributed by atoms with E-state index in [4.69, 9.17) is 0 Å². The predicted molar refractivity (Wildman–Crippen MR) is 170 cm³/mol. The first-order valence-corrected chi connectivity index (χ1v) is 18.7. The Kier molecular flexibility index (Phi) is 17.1. The van der Waals surface area contributed by atoms with Gasteiger partial charge in [-0.1, -0.05) is 139 Å². The lowest BCUT2D eigenvalue weighted by Crippen LogP contribution is -2.50.